The molecular formula is C14H14N2. The number of hydrazine groups is 1. The van der Waals surface area contributed by atoms with E-state index in [2.05, 4.69) is 47.9 Å². The Morgan fingerprint density at radius 3 is 2.69 bits per heavy atom. The van der Waals surface area contributed by atoms with Crippen molar-refractivity contribution < 1.29 is 0 Å². The van der Waals surface area contributed by atoms with E-state index in [1.165, 1.54) is 27.8 Å². The summed E-state index contributed by atoms with van der Waals surface area (Å²) in [5.41, 5.74) is 9.53. The van der Waals surface area contributed by atoms with Crippen LogP contribution in [0.1, 0.15) is 16.7 Å². The highest BCUT2D eigenvalue weighted by atomic mass is 15.2. The first-order valence-corrected chi connectivity index (χ1v) is 5.52. The van der Waals surface area contributed by atoms with Crippen molar-refractivity contribution in [2.75, 3.05) is 0 Å². The predicted molar refractivity (Wildman–Crippen MR) is 65.7 cm³/mol. The van der Waals surface area contributed by atoms with E-state index >= 15 is 0 Å². The topological polar surface area (TPSA) is 38.0 Å². The summed E-state index contributed by atoms with van der Waals surface area (Å²) in [6.45, 7) is 0.726. The number of nitrogens with two attached hydrogens (primary N) is 1. The summed E-state index contributed by atoms with van der Waals surface area (Å²) in [5, 5.41) is 0. The highest BCUT2D eigenvalue weighted by molar-refractivity contribution is 5.76. The molecule has 16 heavy (non-hydrogen) atoms. The fraction of sp³-hybridized carbons (Fsp3) is 0.143. The smallest absolute Gasteiger partial charge is 0.0348 e. The SMILES string of the molecule is NNCc1ccc2c(c1)Cc1ccccc1-2. The van der Waals surface area contributed by atoms with Gasteiger partial charge in [-0.1, -0.05) is 42.5 Å². The van der Waals surface area contributed by atoms with Gasteiger partial charge < -0.3 is 0 Å². The number of nitrogens with one attached hydrogen (secondary N) is 1. The summed E-state index contributed by atoms with van der Waals surface area (Å²) in [4.78, 5) is 0. The van der Waals surface area contributed by atoms with Gasteiger partial charge in [0.05, 0.1) is 0 Å². The maximum Gasteiger partial charge on any atom is 0.0348 e. The first-order valence-electron chi connectivity index (χ1n) is 5.52. The highest BCUT2D eigenvalue weighted by Gasteiger charge is 2.17. The van der Waals surface area contributed by atoms with Crippen molar-refractivity contribution in [2.24, 2.45) is 5.84 Å². The van der Waals surface area contributed by atoms with Crippen LogP contribution in [0.3, 0.4) is 0 Å². The van der Waals surface area contributed by atoms with Gasteiger partial charge in [0.25, 0.3) is 0 Å². The van der Waals surface area contributed by atoms with E-state index in [9.17, 15) is 0 Å². The van der Waals surface area contributed by atoms with Gasteiger partial charge in [0.15, 0.2) is 0 Å². The number of benzene rings is 2. The molecule has 3 N–H and O–H groups in total. The van der Waals surface area contributed by atoms with Gasteiger partial charge in [-0.25, -0.2) is 0 Å². The molecule has 0 saturated heterocycles. The zero-order valence-corrected chi connectivity index (χ0v) is 9.03. The highest BCUT2D eigenvalue weighted by Crippen LogP contribution is 2.36. The number of hydrogen-bond acceptors (Lipinski definition) is 2. The molecule has 0 saturated carbocycles. The van der Waals surface area contributed by atoms with Gasteiger partial charge in [-0.05, 0) is 34.2 Å². The number of fused-ring (bicyclic) bond motifs is 3. The van der Waals surface area contributed by atoms with E-state index in [-0.39, 0.29) is 0 Å². The quantitative estimate of drug-likeness (QED) is 0.503. The lowest BCUT2D eigenvalue weighted by molar-refractivity contribution is 0.741. The fourth-order valence-electron chi connectivity index (χ4n) is 2.43. The van der Waals surface area contributed by atoms with Gasteiger partial charge in [0, 0.05) is 6.54 Å². The van der Waals surface area contributed by atoms with Crippen LogP contribution in [0.25, 0.3) is 11.1 Å². The third-order valence-electron chi connectivity index (χ3n) is 3.16. The molecule has 0 unspecified atom stereocenters. The van der Waals surface area contributed by atoms with Crippen LogP contribution >= 0.6 is 0 Å². The number of rotatable bonds is 2. The Morgan fingerprint density at radius 2 is 1.81 bits per heavy atom. The second kappa shape index (κ2) is 3.74. The standard InChI is InChI=1S/C14H14N2/c15-16-9-10-5-6-14-12(7-10)8-11-3-1-2-4-13(11)14/h1-7,16H,8-9,15H2. The van der Waals surface area contributed by atoms with Crippen molar-refractivity contribution in [1.82, 2.24) is 5.43 Å². The molecule has 0 aliphatic heterocycles. The van der Waals surface area contributed by atoms with E-state index in [4.69, 9.17) is 5.84 Å². The lowest BCUT2D eigenvalue weighted by atomic mass is 10.0. The first-order chi connectivity index (χ1) is 7.88. The second-order valence-corrected chi connectivity index (χ2v) is 4.21. The molecule has 2 aromatic rings. The van der Waals surface area contributed by atoms with Crippen LogP contribution in [0.2, 0.25) is 0 Å². The molecule has 0 fully saturated rings. The van der Waals surface area contributed by atoms with Gasteiger partial charge in [0.1, 0.15) is 0 Å². The molecule has 0 amide bonds. The van der Waals surface area contributed by atoms with Crippen molar-refractivity contribution in [2.45, 2.75) is 13.0 Å². The van der Waals surface area contributed by atoms with Crippen LogP contribution in [0.5, 0.6) is 0 Å². The van der Waals surface area contributed by atoms with E-state index in [0.29, 0.717) is 0 Å². The summed E-state index contributed by atoms with van der Waals surface area (Å²) in [7, 11) is 0. The molecule has 2 aromatic carbocycles. The van der Waals surface area contributed by atoms with Crippen LogP contribution in [0, 0.1) is 0 Å². The fourth-order valence-corrected chi connectivity index (χ4v) is 2.43. The minimum absolute atomic E-state index is 0.726. The molecular weight excluding hydrogens is 196 g/mol. The molecule has 0 heterocycles. The lowest BCUT2D eigenvalue weighted by Gasteiger charge is -2.04. The van der Waals surface area contributed by atoms with Gasteiger partial charge in [-0.3, -0.25) is 11.3 Å². The van der Waals surface area contributed by atoms with Crippen LogP contribution in [0.4, 0.5) is 0 Å². The van der Waals surface area contributed by atoms with Crippen molar-refractivity contribution >= 4 is 0 Å². The minimum Gasteiger partial charge on any atom is -0.271 e. The van der Waals surface area contributed by atoms with Crippen molar-refractivity contribution in [3.63, 3.8) is 0 Å². The van der Waals surface area contributed by atoms with Crippen molar-refractivity contribution in [1.29, 1.82) is 0 Å². The van der Waals surface area contributed by atoms with Crippen LogP contribution in [-0.2, 0) is 13.0 Å². The van der Waals surface area contributed by atoms with E-state index in [0.717, 1.165) is 13.0 Å². The molecule has 2 nitrogen and oxygen atoms in total. The Balaban J connectivity index is 2.07. The summed E-state index contributed by atoms with van der Waals surface area (Å²) in [6.07, 6.45) is 1.05. The molecule has 3 rings (SSSR count). The van der Waals surface area contributed by atoms with Gasteiger partial charge >= 0.3 is 0 Å². The van der Waals surface area contributed by atoms with E-state index < -0.39 is 0 Å². The second-order valence-electron chi connectivity index (χ2n) is 4.21. The average molecular weight is 210 g/mol. The molecule has 0 spiro atoms. The van der Waals surface area contributed by atoms with Crippen LogP contribution in [-0.4, -0.2) is 0 Å². The molecule has 0 atom stereocenters. The van der Waals surface area contributed by atoms with Crippen LogP contribution < -0.4 is 11.3 Å². The monoisotopic (exact) mass is 210 g/mol. The third-order valence-corrected chi connectivity index (χ3v) is 3.16. The molecule has 0 radical (unpaired) electrons. The average Bonchev–Trinajstić information content (AvgIpc) is 2.67. The molecule has 80 valence electrons. The van der Waals surface area contributed by atoms with Crippen molar-refractivity contribution in [3.05, 3.63) is 59.2 Å². The Morgan fingerprint density at radius 1 is 1.00 bits per heavy atom. The summed E-state index contributed by atoms with van der Waals surface area (Å²) in [6, 6.07) is 15.2. The Hall–Kier alpha value is -1.64. The molecule has 0 bridgehead atoms. The van der Waals surface area contributed by atoms with Crippen LogP contribution in [0.15, 0.2) is 42.5 Å². The zero-order valence-electron chi connectivity index (χ0n) is 9.03. The van der Waals surface area contributed by atoms with Gasteiger partial charge in [-0.2, -0.15) is 0 Å². The molecule has 1 aliphatic carbocycles. The molecule has 2 heteroatoms. The Labute approximate surface area is 95.1 Å². The maximum atomic E-state index is 5.34. The molecule has 1 aliphatic rings. The largest absolute Gasteiger partial charge is 0.271 e. The predicted octanol–water partition coefficient (Wildman–Crippen LogP) is 2.22. The summed E-state index contributed by atoms with van der Waals surface area (Å²) >= 11 is 0. The normalized spacial score (nSPS) is 12.3. The van der Waals surface area contributed by atoms with Gasteiger partial charge in [0.2, 0.25) is 0 Å². The molecule has 0 aromatic heterocycles. The minimum atomic E-state index is 0.726. The van der Waals surface area contributed by atoms with E-state index in [1.807, 2.05) is 0 Å². The maximum absolute atomic E-state index is 5.34. The van der Waals surface area contributed by atoms with Gasteiger partial charge in [-0.15, -0.1) is 0 Å². The zero-order chi connectivity index (χ0) is 11.0. The lowest BCUT2D eigenvalue weighted by Crippen LogP contribution is -2.20. The summed E-state index contributed by atoms with van der Waals surface area (Å²) < 4.78 is 0. The first kappa shape index (κ1) is 9.58. The Kier molecular flexibility index (Phi) is 2.24. The Bertz CT molecular complexity index is 532. The van der Waals surface area contributed by atoms with E-state index in [1.54, 1.807) is 0 Å². The summed E-state index contributed by atoms with van der Waals surface area (Å²) in [5.74, 6) is 5.34. The van der Waals surface area contributed by atoms with Crippen molar-refractivity contribution in [3.8, 4) is 11.1 Å². The third kappa shape index (κ3) is 1.43. The number of hydrogen-bond donors (Lipinski definition) is 2.